The molecule has 0 amide bonds. The van der Waals surface area contributed by atoms with Crippen LogP contribution in [0.3, 0.4) is 0 Å². The molecule has 0 radical (unpaired) electrons. The summed E-state index contributed by atoms with van der Waals surface area (Å²) in [6.07, 6.45) is 1.14. The summed E-state index contributed by atoms with van der Waals surface area (Å²) < 4.78 is 5.25. The number of hydrogen-bond donors (Lipinski definition) is 1. The number of anilines is 1. The van der Waals surface area contributed by atoms with E-state index < -0.39 is 5.97 Å². The van der Waals surface area contributed by atoms with Crippen molar-refractivity contribution in [2.45, 2.75) is 32.2 Å². The van der Waals surface area contributed by atoms with Crippen LogP contribution in [0.5, 0.6) is 5.75 Å². The van der Waals surface area contributed by atoms with E-state index in [4.69, 9.17) is 9.84 Å². The van der Waals surface area contributed by atoms with Gasteiger partial charge < -0.3 is 14.7 Å². The normalized spacial score (nSPS) is 21.4. The average molecular weight is 263 g/mol. The molecule has 104 valence electrons. The third-order valence-corrected chi connectivity index (χ3v) is 4.18. The molecule has 1 N–H and O–H groups in total. The van der Waals surface area contributed by atoms with Crippen molar-refractivity contribution in [3.63, 3.8) is 0 Å². The van der Waals surface area contributed by atoms with Gasteiger partial charge in [-0.3, -0.25) is 4.79 Å². The van der Waals surface area contributed by atoms with Crippen LogP contribution < -0.4 is 9.64 Å². The maximum Gasteiger partial charge on any atom is 0.303 e. The van der Waals surface area contributed by atoms with Crippen LogP contribution in [-0.4, -0.2) is 30.3 Å². The summed E-state index contributed by atoms with van der Waals surface area (Å²) in [6.45, 7) is 5.12. The number of methoxy groups -OCH3 is 1. The van der Waals surface area contributed by atoms with E-state index >= 15 is 0 Å². The summed E-state index contributed by atoms with van der Waals surface area (Å²) in [6, 6.07) is 7.94. The lowest BCUT2D eigenvalue weighted by Gasteiger charge is -2.37. The van der Waals surface area contributed by atoms with Crippen molar-refractivity contribution in [2.24, 2.45) is 5.92 Å². The van der Waals surface area contributed by atoms with Gasteiger partial charge in [-0.1, -0.05) is 6.07 Å². The first-order valence-corrected chi connectivity index (χ1v) is 6.58. The molecule has 1 atom stereocenters. The number of benzene rings is 1. The highest BCUT2D eigenvalue weighted by Gasteiger charge is 2.42. The minimum atomic E-state index is -0.717. The topological polar surface area (TPSA) is 49.8 Å². The molecule has 19 heavy (non-hydrogen) atoms. The number of nitrogens with zero attached hydrogens (tertiary/aromatic N) is 1. The molecular formula is C15H21NO3. The molecule has 1 fully saturated rings. The number of carboxylic acid groups (broad SMARTS) is 1. The molecular weight excluding hydrogens is 242 g/mol. The van der Waals surface area contributed by atoms with E-state index in [0.717, 1.165) is 24.4 Å². The molecule has 1 unspecified atom stereocenters. The van der Waals surface area contributed by atoms with Gasteiger partial charge >= 0.3 is 5.97 Å². The molecule has 1 heterocycles. The van der Waals surface area contributed by atoms with Gasteiger partial charge in [0.2, 0.25) is 0 Å². The second kappa shape index (κ2) is 5.11. The first-order chi connectivity index (χ1) is 8.95. The smallest absolute Gasteiger partial charge is 0.303 e. The standard InChI is InChI=1S/C15H21NO3/c1-15(2)11(9-14(17)18)7-8-16(15)12-5-4-6-13(10-12)19-3/h4-6,10-11H,7-9H2,1-3H3,(H,17,18). The van der Waals surface area contributed by atoms with E-state index in [2.05, 4.69) is 18.7 Å². The number of rotatable bonds is 4. The zero-order valence-corrected chi connectivity index (χ0v) is 11.7. The van der Waals surface area contributed by atoms with Crippen molar-refractivity contribution in [3.05, 3.63) is 24.3 Å². The predicted octanol–water partition coefficient (Wildman–Crippen LogP) is 2.77. The summed E-state index contributed by atoms with van der Waals surface area (Å²) in [5.41, 5.74) is 0.947. The van der Waals surface area contributed by atoms with E-state index in [1.165, 1.54) is 0 Å². The molecule has 1 aromatic carbocycles. The number of hydrogen-bond acceptors (Lipinski definition) is 3. The summed E-state index contributed by atoms with van der Waals surface area (Å²) in [4.78, 5) is 13.2. The molecule has 2 rings (SSSR count). The van der Waals surface area contributed by atoms with Crippen molar-refractivity contribution in [1.82, 2.24) is 0 Å². The highest BCUT2D eigenvalue weighted by atomic mass is 16.5. The SMILES string of the molecule is COc1cccc(N2CCC(CC(=O)O)C2(C)C)c1. The Morgan fingerprint density at radius 2 is 2.26 bits per heavy atom. The van der Waals surface area contributed by atoms with E-state index in [9.17, 15) is 4.79 Å². The molecule has 1 saturated heterocycles. The Labute approximate surface area is 114 Å². The Balaban J connectivity index is 2.23. The molecule has 0 aliphatic carbocycles. The second-order valence-corrected chi connectivity index (χ2v) is 5.59. The van der Waals surface area contributed by atoms with Crippen LogP contribution in [0.1, 0.15) is 26.7 Å². The van der Waals surface area contributed by atoms with Crippen molar-refractivity contribution < 1.29 is 14.6 Å². The van der Waals surface area contributed by atoms with Crippen LogP contribution in [0.15, 0.2) is 24.3 Å². The quantitative estimate of drug-likeness (QED) is 0.907. The molecule has 0 saturated carbocycles. The second-order valence-electron chi connectivity index (χ2n) is 5.59. The summed E-state index contributed by atoms with van der Waals surface area (Å²) in [5.74, 6) is 0.289. The number of carboxylic acids is 1. The maximum atomic E-state index is 10.9. The monoisotopic (exact) mass is 263 g/mol. The molecule has 1 aromatic rings. The van der Waals surface area contributed by atoms with E-state index in [1.807, 2.05) is 24.3 Å². The molecule has 4 nitrogen and oxygen atoms in total. The van der Waals surface area contributed by atoms with Crippen molar-refractivity contribution >= 4 is 11.7 Å². The largest absolute Gasteiger partial charge is 0.497 e. The zero-order chi connectivity index (χ0) is 14.0. The average Bonchev–Trinajstić information content (AvgIpc) is 2.64. The molecule has 0 bridgehead atoms. The number of aliphatic carboxylic acids is 1. The number of carbonyl (C=O) groups is 1. The van der Waals surface area contributed by atoms with Crippen LogP contribution in [0, 0.1) is 5.92 Å². The molecule has 4 heteroatoms. The van der Waals surface area contributed by atoms with Gasteiger partial charge in [0, 0.05) is 23.8 Å². The van der Waals surface area contributed by atoms with Gasteiger partial charge in [-0.15, -0.1) is 0 Å². The van der Waals surface area contributed by atoms with Gasteiger partial charge in [0.15, 0.2) is 0 Å². The lowest BCUT2D eigenvalue weighted by molar-refractivity contribution is -0.138. The Hall–Kier alpha value is -1.71. The lowest BCUT2D eigenvalue weighted by atomic mass is 9.85. The van der Waals surface area contributed by atoms with Crippen LogP contribution in [0.25, 0.3) is 0 Å². The predicted molar refractivity (Wildman–Crippen MR) is 74.8 cm³/mol. The Morgan fingerprint density at radius 3 is 2.89 bits per heavy atom. The third kappa shape index (κ3) is 2.67. The maximum absolute atomic E-state index is 10.9. The minimum Gasteiger partial charge on any atom is -0.497 e. The van der Waals surface area contributed by atoms with Gasteiger partial charge in [-0.2, -0.15) is 0 Å². The van der Waals surface area contributed by atoms with Gasteiger partial charge in [-0.25, -0.2) is 0 Å². The minimum absolute atomic E-state index is 0.148. The van der Waals surface area contributed by atoms with E-state index in [1.54, 1.807) is 7.11 Å². The van der Waals surface area contributed by atoms with E-state index in [-0.39, 0.29) is 17.9 Å². The van der Waals surface area contributed by atoms with Crippen LogP contribution in [0.4, 0.5) is 5.69 Å². The molecule has 0 aromatic heterocycles. The summed E-state index contributed by atoms with van der Waals surface area (Å²) >= 11 is 0. The fourth-order valence-electron chi connectivity index (χ4n) is 2.95. The van der Waals surface area contributed by atoms with Gasteiger partial charge in [0.25, 0.3) is 0 Å². The first kappa shape index (κ1) is 13.7. The summed E-state index contributed by atoms with van der Waals surface area (Å²) in [5, 5.41) is 9.01. The van der Waals surface area contributed by atoms with Crippen LogP contribution in [0.2, 0.25) is 0 Å². The molecule has 1 aliphatic heterocycles. The van der Waals surface area contributed by atoms with Crippen molar-refractivity contribution in [2.75, 3.05) is 18.6 Å². The lowest BCUT2D eigenvalue weighted by Crippen LogP contribution is -2.43. The van der Waals surface area contributed by atoms with Crippen LogP contribution >= 0.6 is 0 Å². The summed E-state index contributed by atoms with van der Waals surface area (Å²) in [7, 11) is 1.65. The Kier molecular flexibility index (Phi) is 3.69. The van der Waals surface area contributed by atoms with Gasteiger partial charge in [0.1, 0.15) is 5.75 Å². The highest BCUT2D eigenvalue weighted by Crippen LogP contribution is 2.40. The zero-order valence-electron chi connectivity index (χ0n) is 11.7. The van der Waals surface area contributed by atoms with Gasteiger partial charge in [0.05, 0.1) is 13.5 Å². The fraction of sp³-hybridized carbons (Fsp3) is 0.533. The first-order valence-electron chi connectivity index (χ1n) is 6.58. The fourth-order valence-corrected chi connectivity index (χ4v) is 2.95. The third-order valence-electron chi connectivity index (χ3n) is 4.18. The Morgan fingerprint density at radius 1 is 1.53 bits per heavy atom. The van der Waals surface area contributed by atoms with Crippen molar-refractivity contribution in [1.29, 1.82) is 0 Å². The Bertz CT molecular complexity index is 470. The highest BCUT2D eigenvalue weighted by molar-refractivity contribution is 5.68. The van der Waals surface area contributed by atoms with Gasteiger partial charge in [-0.05, 0) is 38.3 Å². The van der Waals surface area contributed by atoms with Crippen LogP contribution in [-0.2, 0) is 4.79 Å². The van der Waals surface area contributed by atoms with Crippen molar-refractivity contribution in [3.8, 4) is 5.75 Å². The number of ether oxygens (including phenoxy) is 1. The molecule has 1 aliphatic rings. The van der Waals surface area contributed by atoms with E-state index in [0.29, 0.717) is 0 Å². The molecule has 0 spiro atoms.